The summed E-state index contributed by atoms with van der Waals surface area (Å²) >= 11 is 0. The molecule has 2 aliphatic heterocycles. The van der Waals surface area contributed by atoms with Crippen LogP contribution < -0.4 is 10.5 Å². The third-order valence-electron chi connectivity index (χ3n) is 6.70. The average molecular weight is 426 g/mol. The van der Waals surface area contributed by atoms with E-state index in [9.17, 15) is 9.59 Å². The van der Waals surface area contributed by atoms with Gasteiger partial charge in [-0.25, -0.2) is 4.98 Å². The Balaban J connectivity index is 1.18. The highest BCUT2D eigenvalue weighted by Crippen LogP contribution is 2.30. The topological polar surface area (TPSA) is 70.9 Å². The highest BCUT2D eigenvalue weighted by atomic mass is 16.5. The Morgan fingerprint density at radius 1 is 1.00 bits per heavy atom. The molecule has 0 bridgehead atoms. The van der Waals surface area contributed by atoms with E-state index in [1.807, 2.05) is 17.0 Å². The average Bonchev–Trinajstić information content (AvgIpc) is 3.63. The molecule has 31 heavy (non-hydrogen) atoms. The maximum Gasteiger partial charge on any atom is 0.261 e. The van der Waals surface area contributed by atoms with Gasteiger partial charge >= 0.3 is 0 Å². The maximum atomic E-state index is 12.7. The van der Waals surface area contributed by atoms with Gasteiger partial charge in [-0.3, -0.25) is 19.1 Å². The van der Waals surface area contributed by atoms with E-state index in [2.05, 4.69) is 20.9 Å². The van der Waals surface area contributed by atoms with Crippen LogP contribution in [0.15, 0.2) is 29.3 Å². The number of hydrogen-bond acceptors (Lipinski definition) is 6. The number of ether oxygens (including phenoxy) is 1. The Labute approximate surface area is 182 Å². The van der Waals surface area contributed by atoms with Crippen LogP contribution in [0.3, 0.4) is 0 Å². The molecule has 0 unspecified atom stereocenters. The fourth-order valence-corrected chi connectivity index (χ4v) is 4.50. The minimum atomic E-state index is 0.0710. The predicted octanol–water partition coefficient (Wildman–Crippen LogP) is 1.18. The summed E-state index contributed by atoms with van der Waals surface area (Å²) < 4.78 is 7.17. The lowest BCUT2D eigenvalue weighted by atomic mass is 10.2. The monoisotopic (exact) mass is 425 g/mol. The van der Waals surface area contributed by atoms with Gasteiger partial charge in [0.1, 0.15) is 0 Å². The van der Waals surface area contributed by atoms with E-state index in [0.29, 0.717) is 37.5 Å². The van der Waals surface area contributed by atoms with Gasteiger partial charge in [-0.05, 0) is 37.0 Å². The van der Waals surface area contributed by atoms with Gasteiger partial charge in [0, 0.05) is 58.0 Å². The molecule has 1 saturated carbocycles. The first-order valence-corrected chi connectivity index (χ1v) is 11.5. The molecule has 1 aromatic carbocycles. The molecule has 1 aliphatic carbocycles. The standard InChI is InChI=1S/C23H31N5O3/c29-22-5-13-31-14-12-27(22)11-8-25-6-9-26(10-7-25)19-3-4-20-21(15-19)24-17-28(23(20)30)16-18-1-2-18/h3-4,15,17-18H,1-2,5-14,16H2. The molecule has 2 aromatic rings. The van der Waals surface area contributed by atoms with E-state index in [-0.39, 0.29) is 11.5 Å². The molecule has 0 spiro atoms. The van der Waals surface area contributed by atoms with Crippen molar-refractivity contribution in [2.24, 2.45) is 5.92 Å². The van der Waals surface area contributed by atoms with Crippen LogP contribution in [0, 0.1) is 5.92 Å². The van der Waals surface area contributed by atoms with E-state index < -0.39 is 0 Å². The number of anilines is 1. The van der Waals surface area contributed by atoms with Crippen LogP contribution in [0.25, 0.3) is 10.9 Å². The lowest BCUT2D eigenvalue weighted by molar-refractivity contribution is -0.130. The smallest absolute Gasteiger partial charge is 0.261 e. The first-order chi connectivity index (χ1) is 15.2. The highest BCUT2D eigenvalue weighted by molar-refractivity contribution is 5.81. The number of carbonyl (C=O) groups excluding carboxylic acids is 1. The molecule has 3 fully saturated rings. The SMILES string of the molecule is O=C1CCOCCN1CCN1CCN(c2ccc3c(=O)n(CC4CC4)cnc3c2)CC1. The van der Waals surface area contributed by atoms with E-state index in [1.165, 1.54) is 12.8 Å². The molecule has 0 N–H and O–H groups in total. The fraction of sp³-hybridized carbons (Fsp3) is 0.609. The van der Waals surface area contributed by atoms with Gasteiger partial charge in [0.05, 0.1) is 36.9 Å². The molecule has 0 radical (unpaired) electrons. The first kappa shape index (κ1) is 20.5. The van der Waals surface area contributed by atoms with Gasteiger partial charge in [0.25, 0.3) is 5.56 Å². The summed E-state index contributed by atoms with van der Waals surface area (Å²) in [4.78, 5) is 36.1. The molecule has 8 nitrogen and oxygen atoms in total. The van der Waals surface area contributed by atoms with E-state index in [1.54, 1.807) is 10.9 Å². The van der Waals surface area contributed by atoms with E-state index >= 15 is 0 Å². The third-order valence-corrected chi connectivity index (χ3v) is 6.70. The highest BCUT2D eigenvalue weighted by Gasteiger charge is 2.23. The number of rotatable bonds is 6. The second-order valence-corrected chi connectivity index (χ2v) is 8.92. The number of hydrogen-bond donors (Lipinski definition) is 0. The van der Waals surface area contributed by atoms with Crippen molar-refractivity contribution >= 4 is 22.5 Å². The zero-order valence-corrected chi connectivity index (χ0v) is 18.0. The molecular formula is C23H31N5O3. The summed E-state index contributed by atoms with van der Waals surface area (Å²) in [6, 6.07) is 6.03. The molecule has 1 amide bonds. The summed E-state index contributed by atoms with van der Waals surface area (Å²) in [5.41, 5.74) is 1.97. The Morgan fingerprint density at radius 2 is 1.84 bits per heavy atom. The number of aromatic nitrogens is 2. The van der Waals surface area contributed by atoms with Crippen LogP contribution >= 0.6 is 0 Å². The molecule has 2 saturated heterocycles. The summed E-state index contributed by atoms with van der Waals surface area (Å²) in [5, 5.41) is 0.705. The van der Waals surface area contributed by atoms with Crippen LogP contribution in [0.5, 0.6) is 0 Å². The first-order valence-electron chi connectivity index (χ1n) is 11.5. The summed E-state index contributed by atoms with van der Waals surface area (Å²) in [6.45, 7) is 8.15. The van der Waals surface area contributed by atoms with Gasteiger partial charge in [-0.2, -0.15) is 0 Å². The van der Waals surface area contributed by atoms with E-state index in [4.69, 9.17) is 4.74 Å². The van der Waals surface area contributed by atoms with E-state index in [0.717, 1.165) is 57.0 Å². The van der Waals surface area contributed by atoms with Crippen molar-refractivity contribution in [2.45, 2.75) is 25.8 Å². The zero-order valence-electron chi connectivity index (χ0n) is 18.0. The second-order valence-electron chi connectivity index (χ2n) is 8.92. The molecule has 1 aromatic heterocycles. The van der Waals surface area contributed by atoms with Gasteiger partial charge < -0.3 is 14.5 Å². The molecule has 3 heterocycles. The number of carbonyl (C=O) groups is 1. The van der Waals surface area contributed by atoms with Gasteiger partial charge in [-0.1, -0.05) is 0 Å². The van der Waals surface area contributed by atoms with Crippen molar-refractivity contribution in [2.75, 3.05) is 63.9 Å². The molecule has 8 heteroatoms. The Hall–Kier alpha value is -2.45. The number of fused-ring (bicyclic) bond motifs is 1. The Morgan fingerprint density at radius 3 is 2.65 bits per heavy atom. The van der Waals surface area contributed by atoms with Crippen molar-refractivity contribution in [1.82, 2.24) is 19.4 Å². The van der Waals surface area contributed by atoms with Crippen LogP contribution in [-0.4, -0.2) is 84.3 Å². The van der Waals surface area contributed by atoms with Crippen LogP contribution in [0.1, 0.15) is 19.3 Å². The molecular weight excluding hydrogens is 394 g/mol. The van der Waals surface area contributed by atoms with Gasteiger partial charge in [0.2, 0.25) is 5.91 Å². The number of amides is 1. The normalized spacial score (nSPS) is 21.0. The molecule has 3 aliphatic rings. The van der Waals surface area contributed by atoms with Crippen molar-refractivity contribution in [3.63, 3.8) is 0 Å². The Kier molecular flexibility index (Phi) is 5.91. The summed E-state index contributed by atoms with van der Waals surface area (Å²) in [5.74, 6) is 0.856. The fourth-order valence-electron chi connectivity index (χ4n) is 4.50. The maximum absolute atomic E-state index is 12.7. The second kappa shape index (κ2) is 8.96. The number of nitrogens with zero attached hydrogens (tertiary/aromatic N) is 5. The quantitative estimate of drug-likeness (QED) is 0.692. The van der Waals surface area contributed by atoms with Crippen molar-refractivity contribution < 1.29 is 9.53 Å². The van der Waals surface area contributed by atoms with Crippen LogP contribution in [-0.2, 0) is 16.1 Å². The Bertz CT molecular complexity index is 994. The lowest BCUT2D eigenvalue weighted by Crippen LogP contribution is -2.49. The van der Waals surface area contributed by atoms with Crippen LogP contribution in [0.2, 0.25) is 0 Å². The number of piperazine rings is 1. The number of benzene rings is 1. The predicted molar refractivity (Wildman–Crippen MR) is 119 cm³/mol. The van der Waals surface area contributed by atoms with Gasteiger partial charge in [-0.15, -0.1) is 0 Å². The third kappa shape index (κ3) is 4.75. The summed E-state index contributed by atoms with van der Waals surface area (Å²) in [7, 11) is 0. The van der Waals surface area contributed by atoms with Crippen molar-refractivity contribution in [3.05, 3.63) is 34.9 Å². The molecule has 5 rings (SSSR count). The summed E-state index contributed by atoms with van der Waals surface area (Å²) in [6.07, 6.45) is 4.64. The molecule has 166 valence electrons. The van der Waals surface area contributed by atoms with Crippen molar-refractivity contribution in [1.29, 1.82) is 0 Å². The minimum Gasteiger partial charge on any atom is -0.379 e. The molecule has 0 atom stereocenters. The van der Waals surface area contributed by atoms with Crippen molar-refractivity contribution in [3.8, 4) is 0 Å². The van der Waals surface area contributed by atoms with Gasteiger partial charge in [0.15, 0.2) is 0 Å². The zero-order chi connectivity index (χ0) is 21.2. The largest absolute Gasteiger partial charge is 0.379 e. The van der Waals surface area contributed by atoms with Crippen LogP contribution in [0.4, 0.5) is 5.69 Å². The minimum absolute atomic E-state index is 0.0710. The lowest BCUT2D eigenvalue weighted by Gasteiger charge is -2.37.